The van der Waals surface area contributed by atoms with Crippen molar-refractivity contribution >= 4 is 40.4 Å². The summed E-state index contributed by atoms with van der Waals surface area (Å²) in [6.07, 6.45) is 0. The van der Waals surface area contributed by atoms with Gasteiger partial charge >= 0.3 is 0 Å². The van der Waals surface area contributed by atoms with Gasteiger partial charge in [0.15, 0.2) is 0 Å². The molecule has 3 nitrogen and oxygen atoms in total. The van der Waals surface area contributed by atoms with E-state index in [2.05, 4.69) is 5.43 Å². The Morgan fingerprint density at radius 3 is 2.65 bits per heavy atom. The number of amides is 1. The zero-order valence-corrected chi connectivity index (χ0v) is 10.9. The van der Waals surface area contributed by atoms with Gasteiger partial charge in [-0.05, 0) is 24.3 Å². The van der Waals surface area contributed by atoms with Gasteiger partial charge in [0.05, 0.1) is 9.90 Å². The largest absolute Gasteiger partial charge is 0.289 e. The summed E-state index contributed by atoms with van der Waals surface area (Å²) in [4.78, 5) is 12.7. The molecular formula is C11H8Cl2N2OS. The van der Waals surface area contributed by atoms with Crippen LogP contribution in [0, 0.1) is 0 Å². The van der Waals surface area contributed by atoms with Crippen molar-refractivity contribution in [3.63, 3.8) is 0 Å². The summed E-state index contributed by atoms with van der Waals surface area (Å²) in [6.45, 7) is 0. The van der Waals surface area contributed by atoms with Crippen molar-refractivity contribution in [3.05, 3.63) is 45.3 Å². The van der Waals surface area contributed by atoms with Crippen molar-refractivity contribution < 1.29 is 4.79 Å². The third-order valence-electron chi connectivity index (χ3n) is 2.16. The molecular weight excluding hydrogens is 279 g/mol. The Morgan fingerprint density at radius 2 is 2.00 bits per heavy atom. The molecule has 2 aromatic rings. The molecule has 1 heterocycles. The topological polar surface area (TPSA) is 55.1 Å². The van der Waals surface area contributed by atoms with Gasteiger partial charge in [-0.25, -0.2) is 5.84 Å². The van der Waals surface area contributed by atoms with Crippen molar-refractivity contribution in [1.29, 1.82) is 0 Å². The van der Waals surface area contributed by atoms with Crippen LogP contribution in [-0.2, 0) is 0 Å². The molecule has 0 fully saturated rings. The van der Waals surface area contributed by atoms with Gasteiger partial charge < -0.3 is 0 Å². The second-order valence-electron chi connectivity index (χ2n) is 3.26. The lowest BCUT2D eigenvalue weighted by atomic mass is 10.2. The number of nitrogens with two attached hydrogens (primary N) is 1. The molecule has 0 unspecified atom stereocenters. The lowest BCUT2D eigenvalue weighted by Gasteiger charge is -2.01. The van der Waals surface area contributed by atoms with Gasteiger partial charge in [-0.2, -0.15) is 0 Å². The Kier molecular flexibility index (Phi) is 3.69. The number of nitrogens with one attached hydrogen (secondary N) is 1. The fourth-order valence-electron chi connectivity index (χ4n) is 1.37. The summed E-state index contributed by atoms with van der Waals surface area (Å²) >= 11 is 13.2. The highest BCUT2D eigenvalue weighted by Gasteiger charge is 2.11. The van der Waals surface area contributed by atoms with Crippen LogP contribution in [0.15, 0.2) is 30.3 Å². The summed E-state index contributed by atoms with van der Waals surface area (Å²) in [7, 11) is 0. The van der Waals surface area contributed by atoms with Crippen LogP contribution in [-0.4, -0.2) is 5.91 Å². The number of carbonyl (C=O) groups excluding carboxylic acids is 1. The van der Waals surface area contributed by atoms with E-state index in [-0.39, 0.29) is 5.91 Å². The summed E-state index contributed by atoms with van der Waals surface area (Å²) in [5.41, 5.74) is 2.93. The molecule has 3 N–H and O–H groups in total. The maximum atomic E-state index is 11.3. The molecule has 0 saturated heterocycles. The second-order valence-corrected chi connectivity index (χ2v) is 5.19. The van der Waals surface area contributed by atoms with Crippen LogP contribution in [0.25, 0.3) is 10.4 Å². The van der Waals surface area contributed by atoms with Gasteiger partial charge in [0.2, 0.25) is 0 Å². The van der Waals surface area contributed by atoms with E-state index in [9.17, 15) is 4.79 Å². The van der Waals surface area contributed by atoms with Gasteiger partial charge in [0.25, 0.3) is 5.91 Å². The van der Waals surface area contributed by atoms with E-state index < -0.39 is 0 Å². The maximum Gasteiger partial charge on any atom is 0.275 e. The van der Waals surface area contributed by atoms with E-state index in [1.165, 1.54) is 11.3 Å². The van der Waals surface area contributed by atoms with E-state index in [0.717, 1.165) is 10.4 Å². The molecule has 6 heteroatoms. The lowest BCUT2D eigenvalue weighted by molar-refractivity contribution is 0.0957. The third kappa shape index (κ3) is 2.61. The van der Waals surface area contributed by atoms with Crippen LogP contribution in [0.3, 0.4) is 0 Å². The zero-order valence-electron chi connectivity index (χ0n) is 8.54. The highest BCUT2D eigenvalue weighted by Crippen LogP contribution is 2.34. The Hall–Kier alpha value is -1.07. The van der Waals surface area contributed by atoms with Gasteiger partial charge in [-0.3, -0.25) is 10.2 Å². The van der Waals surface area contributed by atoms with Crippen LogP contribution < -0.4 is 11.3 Å². The Morgan fingerprint density at radius 1 is 1.24 bits per heavy atom. The van der Waals surface area contributed by atoms with Gasteiger partial charge in [-0.15, -0.1) is 11.3 Å². The molecule has 0 atom stereocenters. The minimum absolute atomic E-state index is 0.314. The Balaban J connectivity index is 2.40. The van der Waals surface area contributed by atoms with E-state index >= 15 is 0 Å². The number of carbonyl (C=O) groups is 1. The number of thiophene rings is 1. The molecule has 0 radical (unpaired) electrons. The van der Waals surface area contributed by atoms with E-state index in [4.69, 9.17) is 29.0 Å². The average Bonchev–Trinajstić information content (AvgIpc) is 2.77. The first-order valence-electron chi connectivity index (χ1n) is 4.68. The van der Waals surface area contributed by atoms with Gasteiger partial charge in [0, 0.05) is 15.5 Å². The Labute approximate surface area is 112 Å². The summed E-state index contributed by atoms with van der Waals surface area (Å²) in [6, 6.07) is 8.77. The normalized spacial score (nSPS) is 10.3. The van der Waals surface area contributed by atoms with E-state index in [1.807, 2.05) is 12.1 Å². The van der Waals surface area contributed by atoms with Crippen molar-refractivity contribution in [2.45, 2.75) is 0 Å². The first-order valence-corrected chi connectivity index (χ1v) is 6.25. The smallest absolute Gasteiger partial charge is 0.275 e. The van der Waals surface area contributed by atoms with Crippen molar-refractivity contribution in [3.8, 4) is 10.4 Å². The number of rotatable bonds is 2. The monoisotopic (exact) mass is 286 g/mol. The first-order chi connectivity index (χ1) is 8.11. The van der Waals surface area contributed by atoms with E-state index in [0.29, 0.717) is 14.9 Å². The van der Waals surface area contributed by atoms with E-state index in [1.54, 1.807) is 18.2 Å². The predicted octanol–water partition coefficient (Wildman–Crippen LogP) is 3.33. The number of hydrogen-bond donors (Lipinski definition) is 2. The van der Waals surface area contributed by atoms with Crippen LogP contribution in [0.5, 0.6) is 0 Å². The molecule has 0 spiro atoms. The summed E-state index contributed by atoms with van der Waals surface area (Å²) in [5, 5.41) is 1.13. The zero-order chi connectivity index (χ0) is 12.4. The number of hydrogen-bond acceptors (Lipinski definition) is 3. The van der Waals surface area contributed by atoms with Crippen molar-refractivity contribution in [1.82, 2.24) is 5.43 Å². The molecule has 0 aliphatic rings. The lowest BCUT2D eigenvalue weighted by Crippen LogP contribution is -2.29. The summed E-state index contributed by atoms with van der Waals surface area (Å²) in [5.74, 6) is 4.75. The highest BCUT2D eigenvalue weighted by molar-refractivity contribution is 7.17. The van der Waals surface area contributed by atoms with Crippen LogP contribution in [0.2, 0.25) is 10.0 Å². The Bertz CT molecular complexity index is 568. The van der Waals surface area contributed by atoms with Crippen LogP contribution in [0.1, 0.15) is 9.67 Å². The molecule has 17 heavy (non-hydrogen) atoms. The van der Waals surface area contributed by atoms with Gasteiger partial charge in [-0.1, -0.05) is 29.3 Å². The predicted molar refractivity (Wildman–Crippen MR) is 71.4 cm³/mol. The fraction of sp³-hybridized carbons (Fsp3) is 0. The minimum atomic E-state index is -0.314. The maximum absolute atomic E-state index is 11.3. The number of benzene rings is 1. The van der Waals surface area contributed by atoms with Crippen molar-refractivity contribution in [2.24, 2.45) is 5.84 Å². The molecule has 0 bridgehead atoms. The fourth-order valence-corrected chi connectivity index (χ4v) is 2.88. The molecule has 0 aliphatic heterocycles. The average molecular weight is 287 g/mol. The van der Waals surface area contributed by atoms with Gasteiger partial charge in [0.1, 0.15) is 0 Å². The highest BCUT2D eigenvalue weighted by atomic mass is 35.5. The second kappa shape index (κ2) is 5.06. The van der Waals surface area contributed by atoms with Crippen LogP contribution in [0.4, 0.5) is 0 Å². The molecule has 1 amide bonds. The van der Waals surface area contributed by atoms with Crippen LogP contribution >= 0.6 is 34.5 Å². The first kappa shape index (κ1) is 12.4. The quantitative estimate of drug-likeness (QED) is 0.505. The number of hydrazine groups is 1. The van der Waals surface area contributed by atoms with Crippen molar-refractivity contribution in [2.75, 3.05) is 0 Å². The molecule has 2 rings (SSSR count). The number of halogens is 2. The third-order valence-corrected chi connectivity index (χ3v) is 3.82. The molecule has 1 aromatic carbocycles. The molecule has 0 aliphatic carbocycles. The molecule has 88 valence electrons. The minimum Gasteiger partial charge on any atom is -0.289 e. The summed E-state index contributed by atoms with van der Waals surface area (Å²) < 4.78 is 0. The SMILES string of the molecule is NNC(=O)c1ccc(-c2ccc(Cl)cc2Cl)s1. The molecule has 1 aromatic heterocycles. The molecule has 0 saturated carbocycles. The number of nitrogen functional groups attached to an aromatic ring is 1. The standard InChI is InChI=1S/C11H8Cl2N2OS/c12-6-1-2-7(8(13)5-6)9-3-4-10(17-9)11(16)15-14/h1-5H,14H2,(H,15,16).